The fourth-order valence-electron chi connectivity index (χ4n) is 3.19. The van der Waals surface area contributed by atoms with Gasteiger partial charge in [0.05, 0.1) is 0 Å². The Balaban J connectivity index is 1.44. The fourth-order valence-corrected chi connectivity index (χ4v) is 3.82. The smallest absolute Gasteiger partial charge is 0.321 e. The van der Waals surface area contributed by atoms with E-state index in [-0.39, 0.29) is 18.0 Å². The number of benzene rings is 2. The lowest BCUT2D eigenvalue weighted by Crippen LogP contribution is -2.47. The second kappa shape index (κ2) is 10.2. The summed E-state index contributed by atoms with van der Waals surface area (Å²) in [5.41, 5.74) is 2.72. The van der Waals surface area contributed by atoms with E-state index in [0.29, 0.717) is 18.7 Å². The molecule has 0 bridgehead atoms. The minimum Gasteiger partial charge on any atom is -0.349 e. The summed E-state index contributed by atoms with van der Waals surface area (Å²) in [5.74, 6) is 2.02. The third-order valence-corrected chi connectivity index (χ3v) is 5.78. The molecule has 0 spiro atoms. The van der Waals surface area contributed by atoms with E-state index in [4.69, 9.17) is 0 Å². The summed E-state index contributed by atoms with van der Waals surface area (Å²) >= 11 is 1.87. The SMILES string of the molecule is CCSCc1ccc(C(=O)NC2CCN(C(=O)Nc3ccccc3)CC2)cc1. The number of hydrogen-bond donors (Lipinski definition) is 2. The van der Waals surface area contributed by atoms with Crippen LogP contribution in [0.4, 0.5) is 10.5 Å². The van der Waals surface area contributed by atoms with Crippen molar-refractivity contribution in [3.8, 4) is 0 Å². The number of thioether (sulfide) groups is 1. The van der Waals surface area contributed by atoms with Crippen LogP contribution in [0.25, 0.3) is 0 Å². The number of para-hydroxylation sites is 1. The Morgan fingerprint density at radius 2 is 1.71 bits per heavy atom. The van der Waals surface area contributed by atoms with Gasteiger partial charge in [-0.2, -0.15) is 11.8 Å². The molecule has 0 saturated carbocycles. The van der Waals surface area contributed by atoms with Gasteiger partial charge in [0.15, 0.2) is 0 Å². The Morgan fingerprint density at radius 3 is 2.36 bits per heavy atom. The van der Waals surface area contributed by atoms with Crippen molar-refractivity contribution < 1.29 is 9.59 Å². The predicted molar refractivity (Wildman–Crippen MR) is 116 cm³/mol. The van der Waals surface area contributed by atoms with Crippen LogP contribution < -0.4 is 10.6 Å². The van der Waals surface area contributed by atoms with Crippen LogP contribution >= 0.6 is 11.8 Å². The van der Waals surface area contributed by atoms with Crippen molar-refractivity contribution in [2.45, 2.75) is 31.6 Å². The molecule has 6 heteroatoms. The monoisotopic (exact) mass is 397 g/mol. The molecule has 1 heterocycles. The molecule has 2 N–H and O–H groups in total. The Bertz CT molecular complexity index is 772. The van der Waals surface area contributed by atoms with Gasteiger partial charge in [-0.3, -0.25) is 4.79 Å². The van der Waals surface area contributed by atoms with Gasteiger partial charge in [-0.25, -0.2) is 4.79 Å². The van der Waals surface area contributed by atoms with E-state index in [9.17, 15) is 9.59 Å². The minimum atomic E-state index is -0.0866. The zero-order valence-electron chi connectivity index (χ0n) is 16.2. The van der Waals surface area contributed by atoms with Crippen LogP contribution in [0.1, 0.15) is 35.7 Å². The number of carbonyl (C=O) groups excluding carboxylic acids is 2. The van der Waals surface area contributed by atoms with Crippen LogP contribution in [0.3, 0.4) is 0 Å². The number of urea groups is 1. The number of piperidine rings is 1. The summed E-state index contributed by atoms with van der Waals surface area (Å²) in [6.45, 7) is 3.41. The molecule has 1 aliphatic rings. The first-order valence-electron chi connectivity index (χ1n) is 9.74. The number of rotatable bonds is 6. The molecular weight excluding hydrogens is 370 g/mol. The lowest BCUT2D eigenvalue weighted by atomic mass is 10.0. The van der Waals surface area contributed by atoms with Crippen molar-refractivity contribution in [2.75, 3.05) is 24.2 Å². The first kappa shape index (κ1) is 20.3. The quantitative estimate of drug-likeness (QED) is 0.761. The molecule has 3 rings (SSSR count). The molecule has 1 fully saturated rings. The summed E-state index contributed by atoms with van der Waals surface area (Å²) in [7, 11) is 0. The van der Waals surface area contributed by atoms with Gasteiger partial charge in [0.25, 0.3) is 5.91 Å². The van der Waals surface area contributed by atoms with Crippen molar-refractivity contribution in [1.29, 1.82) is 0 Å². The molecule has 28 heavy (non-hydrogen) atoms. The Labute approximate surface area is 170 Å². The topological polar surface area (TPSA) is 61.4 Å². The molecule has 148 valence electrons. The number of nitrogens with zero attached hydrogens (tertiary/aromatic N) is 1. The molecule has 0 aliphatic carbocycles. The van der Waals surface area contributed by atoms with Gasteiger partial charge in [0.2, 0.25) is 0 Å². The zero-order chi connectivity index (χ0) is 19.8. The van der Waals surface area contributed by atoms with E-state index in [1.165, 1.54) is 5.56 Å². The molecule has 0 aromatic heterocycles. The highest BCUT2D eigenvalue weighted by Crippen LogP contribution is 2.15. The highest BCUT2D eigenvalue weighted by Gasteiger charge is 2.24. The van der Waals surface area contributed by atoms with Crippen LogP contribution in [0.15, 0.2) is 54.6 Å². The third-order valence-electron chi connectivity index (χ3n) is 4.83. The molecule has 2 aromatic rings. The maximum atomic E-state index is 12.5. The van der Waals surface area contributed by atoms with Gasteiger partial charge in [0, 0.05) is 36.1 Å². The van der Waals surface area contributed by atoms with Gasteiger partial charge >= 0.3 is 6.03 Å². The van der Waals surface area contributed by atoms with E-state index in [1.54, 1.807) is 4.90 Å². The van der Waals surface area contributed by atoms with Gasteiger partial charge in [0.1, 0.15) is 0 Å². The van der Waals surface area contributed by atoms with Crippen molar-refractivity contribution >= 4 is 29.4 Å². The second-order valence-electron chi connectivity index (χ2n) is 6.87. The number of nitrogens with one attached hydrogen (secondary N) is 2. The van der Waals surface area contributed by atoms with Gasteiger partial charge in [-0.15, -0.1) is 0 Å². The summed E-state index contributed by atoms with van der Waals surface area (Å²) in [6, 6.07) is 17.3. The lowest BCUT2D eigenvalue weighted by Gasteiger charge is -2.32. The van der Waals surface area contributed by atoms with Crippen molar-refractivity contribution in [3.05, 3.63) is 65.7 Å². The minimum absolute atomic E-state index is 0.0399. The number of hydrogen-bond acceptors (Lipinski definition) is 3. The summed E-state index contributed by atoms with van der Waals surface area (Å²) < 4.78 is 0. The molecular formula is C22H27N3O2S. The fraction of sp³-hybridized carbons (Fsp3) is 0.364. The maximum absolute atomic E-state index is 12.5. The van der Waals surface area contributed by atoms with Gasteiger partial charge in [-0.1, -0.05) is 37.3 Å². The molecule has 1 aliphatic heterocycles. The standard InChI is InChI=1S/C22H27N3O2S/c1-2-28-16-17-8-10-18(11-9-17)21(26)23-20-12-14-25(15-13-20)22(27)24-19-6-4-3-5-7-19/h3-11,20H,2,12-16H2,1H3,(H,23,26)(H,24,27). The molecule has 0 atom stereocenters. The number of likely N-dealkylation sites (tertiary alicyclic amines) is 1. The average Bonchev–Trinajstić information content (AvgIpc) is 2.74. The summed E-state index contributed by atoms with van der Waals surface area (Å²) in [5, 5.41) is 6.02. The van der Waals surface area contributed by atoms with Crippen LogP contribution in [-0.4, -0.2) is 41.7 Å². The Morgan fingerprint density at radius 1 is 1.04 bits per heavy atom. The first-order valence-corrected chi connectivity index (χ1v) is 10.9. The molecule has 0 unspecified atom stereocenters. The summed E-state index contributed by atoms with van der Waals surface area (Å²) in [4.78, 5) is 26.6. The molecule has 2 aromatic carbocycles. The van der Waals surface area contributed by atoms with Crippen molar-refractivity contribution in [3.63, 3.8) is 0 Å². The third kappa shape index (κ3) is 5.76. The predicted octanol–water partition coefficient (Wildman–Crippen LogP) is 4.37. The highest BCUT2D eigenvalue weighted by atomic mass is 32.2. The largest absolute Gasteiger partial charge is 0.349 e. The Hall–Kier alpha value is -2.47. The average molecular weight is 398 g/mol. The van der Waals surface area contributed by atoms with E-state index in [2.05, 4.69) is 17.6 Å². The highest BCUT2D eigenvalue weighted by molar-refractivity contribution is 7.98. The lowest BCUT2D eigenvalue weighted by molar-refractivity contribution is 0.0919. The number of anilines is 1. The van der Waals surface area contributed by atoms with Crippen molar-refractivity contribution in [2.24, 2.45) is 0 Å². The second-order valence-corrected chi connectivity index (χ2v) is 8.14. The molecule has 5 nitrogen and oxygen atoms in total. The maximum Gasteiger partial charge on any atom is 0.321 e. The van der Waals surface area contributed by atoms with Crippen LogP contribution in [-0.2, 0) is 5.75 Å². The van der Waals surface area contributed by atoms with E-state index in [0.717, 1.165) is 30.0 Å². The van der Waals surface area contributed by atoms with E-state index >= 15 is 0 Å². The van der Waals surface area contributed by atoms with Gasteiger partial charge in [-0.05, 0) is 48.4 Å². The molecule has 3 amide bonds. The van der Waals surface area contributed by atoms with Crippen LogP contribution in [0.2, 0.25) is 0 Å². The number of carbonyl (C=O) groups is 2. The van der Waals surface area contributed by atoms with E-state index in [1.807, 2.05) is 66.4 Å². The summed E-state index contributed by atoms with van der Waals surface area (Å²) in [6.07, 6.45) is 1.53. The van der Waals surface area contributed by atoms with E-state index < -0.39 is 0 Å². The van der Waals surface area contributed by atoms with Crippen LogP contribution in [0.5, 0.6) is 0 Å². The molecule has 1 saturated heterocycles. The zero-order valence-corrected chi connectivity index (χ0v) is 17.0. The number of amides is 3. The molecule has 0 radical (unpaired) electrons. The Kier molecular flexibility index (Phi) is 7.37. The van der Waals surface area contributed by atoms with Gasteiger partial charge < -0.3 is 15.5 Å². The van der Waals surface area contributed by atoms with Crippen LogP contribution in [0, 0.1) is 0 Å². The normalized spacial score (nSPS) is 14.5. The van der Waals surface area contributed by atoms with Crippen molar-refractivity contribution in [1.82, 2.24) is 10.2 Å². The first-order chi connectivity index (χ1) is 13.7.